The van der Waals surface area contributed by atoms with Gasteiger partial charge >= 0.3 is 0 Å². The Morgan fingerprint density at radius 3 is 2.64 bits per heavy atom. The molecule has 10 nitrogen and oxygen atoms in total. The normalized spacial score (nSPS) is 25.2. The van der Waals surface area contributed by atoms with Crippen LogP contribution in [0.2, 0.25) is 0 Å². The van der Waals surface area contributed by atoms with E-state index in [1.54, 1.807) is 17.1 Å². The molecule has 0 unspecified atom stereocenters. The molecule has 2 heterocycles. The van der Waals surface area contributed by atoms with Crippen molar-refractivity contribution >= 4 is 43.2 Å². The average Bonchev–Trinajstić information content (AvgIpc) is 2.82. The molecule has 0 radical (unpaired) electrons. The molecule has 1 aromatic carbocycles. The van der Waals surface area contributed by atoms with E-state index in [4.69, 9.17) is 0 Å². The lowest BCUT2D eigenvalue weighted by Crippen LogP contribution is -2.53. The van der Waals surface area contributed by atoms with E-state index in [2.05, 4.69) is 25.9 Å². The number of amidine groups is 1. The lowest BCUT2D eigenvalue weighted by Gasteiger charge is -2.41. The molecule has 3 N–H and O–H groups in total. The molecule has 1 fully saturated rings. The monoisotopic (exact) mass is 530 g/mol. The zero-order valence-corrected chi connectivity index (χ0v) is 21.2. The van der Waals surface area contributed by atoms with E-state index < -0.39 is 37.9 Å². The Balaban J connectivity index is 1.56. The fraction of sp³-hybridized carbons (Fsp3) is 0.417. The summed E-state index contributed by atoms with van der Waals surface area (Å²) in [7, 11) is -7.84. The zero-order valence-electron chi connectivity index (χ0n) is 19.6. The van der Waals surface area contributed by atoms with Gasteiger partial charge in [-0.05, 0) is 49.1 Å². The number of aliphatic imine (C=N–C) groups is 1. The van der Waals surface area contributed by atoms with Crippen molar-refractivity contribution in [3.8, 4) is 0 Å². The lowest BCUT2D eigenvalue weighted by molar-refractivity contribution is -0.131. The molecular formula is C24H26N4O6S2. The Kier molecular flexibility index (Phi) is 6.08. The summed E-state index contributed by atoms with van der Waals surface area (Å²) in [5.41, 5.74) is 5.60. The maximum absolute atomic E-state index is 13.7. The summed E-state index contributed by atoms with van der Waals surface area (Å²) in [6.45, 7) is 0.486. The standard InChI is InChI=1S/C24H26N4O6S2/c1-35(31,32)26-16-11-12-18-20(13-16)36(33,34)27-23(25-18)21-22(29)17-9-5-6-10-19(17)28(24(21)30)14-15-7-3-2-4-8-15/h9-13,15,17,19,26,29H,2-4,7-8,14H2,1H3,(H,25,27)/t17-,19+/m1/s1. The van der Waals surface area contributed by atoms with E-state index >= 15 is 0 Å². The second kappa shape index (κ2) is 8.97. The highest BCUT2D eigenvalue weighted by atomic mass is 32.2. The van der Waals surface area contributed by atoms with Gasteiger partial charge in [-0.15, -0.1) is 0 Å². The van der Waals surface area contributed by atoms with Crippen molar-refractivity contribution in [1.82, 2.24) is 9.62 Å². The maximum Gasteiger partial charge on any atom is 0.265 e. The summed E-state index contributed by atoms with van der Waals surface area (Å²) in [6, 6.07) is 3.44. The Labute approximate surface area is 209 Å². The summed E-state index contributed by atoms with van der Waals surface area (Å²) in [4.78, 5) is 19.5. The minimum absolute atomic E-state index is 0.0239. The molecule has 36 heavy (non-hydrogen) atoms. The highest BCUT2D eigenvalue weighted by Gasteiger charge is 2.44. The number of aliphatic hydroxyl groups excluding tert-OH is 1. The first-order valence-electron chi connectivity index (χ1n) is 11.7. The Hall–Kier alpha value is -3.30. The van der Waals surface area contributed by atoms with Crippen LogP contribution in [0.5, 0.6) is 0 Å². The van der Waals surface area contributed by atoms with Crippen molar-refractivity contribution in [1.29, 1.82) is 0 Å². The largest absolute Gasteiger partial charge is 0.511 e. The molecule has 1 amide bonds. The smallest absolute Gasteiger partial charge is 0.265 e. The third-order valence-corrected chi connectivity index (χ3v) is 8.78. The van der Waals surface area contributed by atoms with Crippen LogP contribution in [0.3, 0.4) is 0 Å². The number of nitrogens with one attached hydrogen (secondary N) is 2. The van der Waals surface area contributed by atoms with Crippen LogP contribution in [0.25, 0.3) is 0 Å². The van der Waals surface area contributed by atoms with Gasteiger partial charge in [-0.1, -0.05) is 30.7 Å². The van der Waals surface area contributed by atoms with Gasteiger partial charge in [-0.25, -0.2) is 21.8 Å². The van der Waals surface area contributed by atoms with Crippen molar-refractivity contribution in [2.75, 3.05) is 17.5 Å². The molecule has 2 aliphatic heterocycles. The molecule has 2 aliphatic carbocycles. The van der Waals surface area contributed by atoms with Crippen LogP contribution in [0, 0.1) is 11.8 Å². The number of anilines is 1. The van der Waals surface area contributed by atoms with Crippen LogP contribution in [0.4, 0.5) is 11.4 Å². The van der Waals surface area contributed by atoms with Gasteiger partial charge in [-0.2, -0.15) is 0 Å². The highest BCUT2D eigenvalue weighted by molar-refractivity contribution is 7.92. The van der Waals surface area contributed by atoms with Crippen molar-refractivity contribution in [3.05, 3.63) is 53.1 Å². The number of hydrogen-bond acceptors (Lipinski definition) is 7. The second-order valence-electron chi connectivity index (χ2n) is 9.48. The average molecular weight is 531 g/mol. The van der Waals surface area contributed by atoms with E-state index in [-0.39, 0.29) is 33.4 Å². The van der Waals surface area contributed by atoms with E-state index in [9.17, 15) is 26.7 Å². The van der Waals surface area contributed by atoms with Crippen molar-refractivity contribution < 1.29 is 26.7 Å². The number of fused-ring (bicyclic) bond motifs is 2. The Morgan fingerprint density at radius 1 is 1.19 bits per heavy atom. The third-order valence-electron chi connectivity index (χ3n) is 6.81. The predicted molar refractivity (Wildman–Crippen MR) is 134 cm³/mol. The van der Waals surface area contributed by atoms with Gasteiger partial charge in [0.15, 0.2) is 5.84 Å². The minimum Gasteiger partial charge on any atom is -0.511 e. The second-order valence-corrected chi connectivity index (χ2v) is 12.9. The molecule has 5 rings (SSSR count). The number of benzene rings is 1. The number of carbonyl (C=O) groups is 1. The van der Waals surface area contributed by atoms with Crippen LogP contribution in [-0.2, 0) is 24.8 Å². The lowest BCUT2D eigenvalue weighted by atomic mass is 9.83. The number of nitrogens with zero attached hydrogens (tertiary/aromatic N) is 2. The summed E-state index contributed by atoms with van der Waals surface area (Å²) >= 11 is 0. The molecule has 1 saturated carbocycles. The molecule has 0 bridgehead atoms. The number of amides is 1. The van der Waals surface area contributed by atoms with Crippen molar-refractivity contribution in [2.24, 2.45) is 16.8 Å². The molecule has 0 saturated heterocycles. The van der Waals surface area contributed by atoms with Crippen LogP contribution in [0.15, 0.2) is 63.0 Å². The van der Waals surface area contributed by atoms with Crippen LogP contribution >= 0.6 is 0 Å². The van der Waals surface area contributed by atoms with Crippen molar-refractivity contribution in [3.63, 3.8) is 0 Å². The molecule has 12 heteroatoms. The molecule has 190 valence electrons. The van der Waals surface area contributed by atoms with Crippen LogP contribution < -0.4 is 9.44 Å². The summed E-state index contributed by atoms with van der Waals surface area (Å²) in [6.07, 6.45) is 9.67. The Bertz CT molecular complexity index is 1510. The van der Waals surface area contributed by atoms with Gasteiger partial charge in [0.1, 0.15) is 16.2 Å². The topological polar surface area (TPSA) is 145 Å². The first-order chi connectivity index (χ1) is 17.0. The highest BCUT2D eigenvalue weighted by Crippen LogP contribution is 2.37. The molecule has 0 aromatic heterocycles. The number of aliphatic hydroxyl groups is 1. The molecule has 1 aromatic rings. The summed E-state index contributed by atoms with van der Waals surface area (Å²) < 4.78 is 53.9. The van der Waals surface area contributed by atoms with E-state index in [0.29, 0.717) is 12.5 Å². The van der Waals surface area contributed by atoms with Gasteiger partial charge in [0.2, 0.25) is 10.0 Å². The number of sulfonamides is 2. The minimum atomic E-state index is -4.22. The van der Waals surface area contributed by atoms with Gasteiger partial charge in [0.05, 0.1) is 23.9 Å². The molecule has 0 spiro atoms. The van der Waals surface area contributed by atoms with E-state index in [0.717, 1.165) is 38.0 Å². The van der Waals surface area contributed by atoms with Crippen molar-refractivity contribution in [2.45, 2.75) is 43.0 Å². The maximum atomic E-state index is 13.7. The van der Waals surface area contributed by atoms with E-state index in [1.165, 1.54) is 18.6 Å². The predicted octanol–water partition coefficient (Wildman–Crippen LogP) is 2.48. The molecule has 4 aliphatic rings. The third kappa shape index (κ3) is 4.60. The zero-order chi connectivity index (χ0) is 25.7. The fourth-order valence-corrected chi connectivity index (χ4v) is 6.90. The van der Waals surface area contributed by atoms with Crippen LogP contribution in [0.1, 0.15) is 32.1 Å². The fourth-order valence-electron chi connectivity index (χ4n) is 5.16. The summed E-state index contributed by atoms with van der Waals surface area (Å²) in [5.74, 6) is -1.34. The van der Waals surface area contributed by atoms with Gasteiger partial charge in [0.25, 0.3) is 15.9 Å². The molecule has 2 atom stereocenters. The first-order valence-corrected chi connectivity index (χ1v) is 15.1. The van der Waals surface area contributed by atoms with Gasteiger partial charge < -0.3 is 10.0 Å². The van der Waals surface area contributed by atoms with E-state index in [1.807, 2.05) is 0 Å². The first kappa shape index (κ1) is 24.4. The number of hydrogen-bond donors (Lipinski definition) is 3. The number of carbonyl (C=O) groups excluding carboxylic acids is 1. The molecular weight excluding hydrogens is 504 g/mol. The van der Waals surface area contributed by atoms with Gasteiger partial charge in [0, 0.05) is 12.2 Å². The SMILES string of the molecule is CS(=O)(=O)Nc1ccc2c(c1)S(=O)(=O)NC(C1=C(O)[C@@H]3C=C=C=C[C@@H]3N(CC3CCCCC3)C1=O)=N2. The number of rotatable bonds is 5. The van der Waals surface area contributed by atoms with Crippen LogP contribution in [-0.4, -0.2) is 57.4 Å². The summed E-state index contributed by atoms with van der Waals surface area (Å²) in [5, 5.41) is 11.1. The van der Waals surface area contributed by atoms with Gasteiger partial charge in [-0.3, -0.25) is 14.2 Å². The quantitative estimate of drug-likeness (QED) is 0.499. The Morgan fingerprint density at radius 2 is 1.92 bits per heavy atom.